The summed E-state index contributed by atoms with van der Waals surface area (Å²) in [7, 11) is 6.02. The number of carbonyl (C=O) groups excluding carboxylic acids is 2. The normalized spacial score (nSPS) is 24.3. The Kier molecular flexibility index (Phi) is 3.77. The van der Waals surface area contributed by atoms with Crippen molar-refractivity contribution in [2.75, 3.05) is 28.4 Å². The van der Waals surface area contributed by atoms with E-state index in [1.54, 1.807) is 25.0 Å². The first-order chi connectivity index (χ1) is 12.6. The van der Waals surface area contributed by atoms with Gasteiger partial charge in [-0.25, -0.2) is 0 Å². The highest BCUT2D eigenvalue weighted by molar-refractivity contribution is 6.06. The van der Waals surface area contributed by atoms with E-state index in [0.717, 1.165) is 10.9 Å². The minimum Gasteiger partial charge on any atom is -0.500 e. The summed E-state index contributed by atoms with van der Waals surface area (Å²) in [6.45, 7) is 0. The van der Waals surface area contributed by atoms with Gasteiger partial charge in [0, 0.05) is 36.3 Å². The van der Waals surface area contributed by atoms with Crippen molar-refractivity contribution < 1.29 is 28.5 Å². The second kappa shape index (κ2) is 5.88. The van der Waals surface area contributed by atoms with Crippen molar-refractivity contribution in [1.29, 1.82) is 0 Å². The molecule has 7 heteroatoms. The Balaban J connectivity index is 2.12. The fraction of sp³-hybridized carbons (Fsp3) is 0.368. The van der Waals surface area contributed by atoms with Gasteiger partial charge in [-0.2, -0.15) is 0 Å². The molecule has 1 aliphatic carbocycles. The van der Waals surface area contributed by atoms with Crippen LogP contribution in [0.15, 0.2) is 30.2 Å². The Bertz CT molecular complexity index is 957. The molecule has 0 amide bonds. The average Bonchev–Trinajstić information content (AvgIpc) is 3.08. The van der Waals surface area contributed by atoms with Gasteiger partial charge in [-0.3, -0.25) is 14.2 Å². The van der Waals surface area contributed by atoms with Gasteiger partial charge in [0.05, 0.1) is 26.8 Å². The Hall–Kier alpha value is -2.80. The molecule has 1 aromatic heterocycles. The van der Waals surface area contributed by atoms with Gasteiger partial charge in [0.2, 0.25) is 5.91 Å². The molecule has 136 valence electrons. The number of aromatic nitrogens is 1. The Labute approximate surface area is 150 Å². The molecule has 2 heterocycles. The molecular weight excluding hydrogens is 338 g/mol. The summed E-state index contributed by atoms with van der Waals surface area (Å²) in [5, 5.41) is 0.834. The van der Waals surface area contributed by atoms with Crippen molar-refractivity contribution in [2.24, 2.45) is 5.92 Å². The second-order valence-electron chi connectivity index (χ2n) is 6.30. The lowest BCUT2D eigenvalue weighted by Crippen LogP contribution is -2.45. The van der Waals surface area contributed by atoms with E-state index in [1.165, 1.54) is 20.3 Å². The van der Waals surface area contributed by atoms with Crippen molar-refractivity contribution in [2.45, 2.75) is 12.0 Å². The zero-order valence-electron chi connectivity index (χ0n) is 14.9. The van der Waals surface area contributed by atoms with Crippen LogP contribution in [0, 0.1) is 5.92 Å². The summed E-state index contributed by atoms with van der Waals surface area (Å²) in [5.41, 5.74) is 1.43. The first-order valence-corrected chi connectivity index (χ1v) is 8.19. The van der Waals surface area contributed by atoms with E-state index in [1.807, 2.05) is 12.1 Å². The van der Waals surface area contributed by atoms with E-state index in [4.69, 9.17) is 18.9 Å². The van der Waals surface area contributed by atoms with Crippen LogP contribution in [0.1, 0.15) is 16.3 Å². The van der Waals surface area contributed by atoms with Crippen LogP contribution in [0.2, 0.25) is 0 Å². The number of fused-ring (bicyclic) bond motifs is 2. The quantitative estimate of drug-likeness (QED) is 0.834. The van der Waals surface area contributed by atoms with Gasteiger partial charge in [-0.05, 0) is 12.1 Å². The van der Waals surface area contributed by atoms with Gasteiger partial charge in [0.25, 0.3) is 0 Å². The number of rotatable bonds is 4. The third kappa shape index (κ3) is 1.97. The maximum Gasteiger partial charge on any atom is 0.242 e. The van der Waals surface area contributed by atoms with Crippen molar-refractivity contribution >= 4 is 22.6 Å². The standard InChI is InChI=1S/C19H19NO6/c1-23-11-8-10(21)17(25-3)14-13(11)19(22)20-6-5-9-7-12(24-2)18(26-4)15(14)16(9)20/h5-8,13-14,17H,1-4H3/t13-,14+,17?/m1/s1. The molecule has 2 aliphatic rings. The van der Waals surface area contributed by atoms with Crippen LogP contribution in [0.3, 0.4) is 0 Å². The number of hydrogen-bond acceptors (Lipinski definition) is 6. The minimum atomic E-state index is -0.810. The topological polar surface area (TPSA) is 76.0 Å². The summed E-state index contributed by atoms with van der Waals surface area (Å²) in [5.74, 6) is -0.271. The summed E-state index contributed by atoms with van der Waals surface area (Å²) in [4.78, 5) is 25.8. The monoisotopic (exact) mass is 357 g/mol. The molecule has 1 unspecified atom stereocenters. The van der Waals surface area contributed by atoms with E-state index in [9.17, 15) is 9.59 Å². The van der Waals surface area contributed by atoms with Gasteiger partial charge in [0.15, 0.2) is 17.3 Å². The molecule has 0 saturated heterocycles. The molecule has 3 atom stereocenters. The summed E-state index contributed by atoms with van der Waals surface area (Å²) in [6.07, 6.45) is 2.26. The first kappa shape index (κ1) is 16.7. The van der Waals surface area contributed by atoms with E-state index >= 15 is 0 Å². The van der Waals surface area contributed by atoms with Crippen LogP contribution in [-0.2, 0) is 14.3 Å². The smallest absolute Gasteiger partial charge is 0.242 e. The molecule has 7 nitrogen and oxygen atoms in total. The van der Waals surface area contributed by atoms with Crippen molar-refractivity contribution in [3.8, 4) is 11.5 Å². The van der Waals surface area contributed by atoms with Gasteiger partial charge in [-0.1, -0.05) is 0 Å². The number of allylic oxidation sites excluding steroid dienone is 1. The lowest BCUT2D eigenvalue weighted by Gasteiger charge is -2.39. The lowest BCUT2D eigenvalue weighted by molar-refractivity contribution is -0.127. The predicted octanol–water partition coefficient (Wildman–Crippen LogP) is 2.14. The number of nitrogens with zero attached hydrogens (tertiary/aromatic N) is 1. The van der Waals surface area contributed by atoms with Gasteiger partial charge >= 0.3 is 0 Å². The number of ketones is 1. The van der Waals surface area contributed by atoms with E-state index < -0.39 is 17.9 Å². The van der Waals surface area contributed by atoms with Crippen molar-refractivity contribution in [1.82, 2.24) is 4.57 Å². The van der Waals surface area contributed by atoms with Crippen LogP contribution >= 0.6 is 0 Å². The highest BCUT2D eigenvalue weighted by atomic mass is 16.5. The number of ether oxygens (including phenoxy) is 4. The molecule has 4 rings (SSSR count). The highest BCUT2D eigenvalue weighted by Crippen LogP contribution is 2.52. The van der Waals surface area contributed by atoms with Crippen LogP contribution < -0.4 is 9.47 Å². The minimum absolute atomic E-state index is 0.160. The van der Waals surface area contributed by atoms with Gasteiger partial charge in [0.1, 0.15) is 17.8 Å². The Morgan fingerprint density at radius 1 is 1.04 bits per heavy atom. The van der Waals surface area contributed by atoms with Gasteiger partial charge in [-0.15, -0.1) is 0 Å². The fourth-order valence-electron chi connectivity index (χ4n) is 4.18. The second-order valence-corrected chi connectivity index (χ2v) is 6.30. The molecule has 0 N–H and O–H groups in total. The summed E-state index contributed by atoms with van der Waals surface area (Å²) in [6, 6.07) is 3.66. The highest BCUT2D eigenvalue weighted by Gasteiger charge is 2.51. The number of carbonyl (C=O) groups is 2. The molecule has 0 radical (unpaired) electrons. The number of benzene rings is 1. The Morgan fingerprint density at radius 3 is 2.42 bits per heavy atom. The fourth-order valence-corrected chi connectivity index (χ4v) is 4.18. The van der Waals surface area contributed by atoms with Crippen molar-refractivity contribution in [3.63, 3.8) is 0 Å². The summed E-state index contributed by atoms with van der Waals surface area (Å²) >= 11 is 0. The number of hydrogen-bond donors (Lipinski definition) is 0. The maximum absolute atomic E-state index is 13.2. The largest absolute Gasteiger partial charge is 0.500 e. The third-order valence-corrected chi connectivity index (χ3v) is 5.23. The predicted molar refractivity (Wildman–Crippen MR) is 92.8 cm³/mol. The van der Waals surface area contributed by atoms with E-state index in [0.29, 0.717) is 22.8 Å². The van der Waals surface area contributed by atoms with Crippen molar-refractivity contribution in [3.05, 3.63) is 35.7 Å². The average molecular weight is 357 g/mol. The molecule has 0 saturated carbocycles. The van der Waals surface area contributed by atoms with E-state index in [2.05, 4.69) is 0 Å². The molecule has 0 bridgehead atoms. The maximum atomic E-state index is 13.2. The molecule has 26 heavy (non-hydrogen) atoms. The Morgan fingerprint density at radius 2 is 1.81 bits per heavy atom. The van der Waals surface area contributed by atoms with Crippen LogP contribution in [0.5, 0.6) is 11.5 Å². The third-order valence-electron chi connectivity index (χ3n) is 5.23. The van der Waals surface area contributed by atoms with Crippen LogP contribution in [0.25, 0.3) is 10.9 Å². The molecule has 2 aromatic rings. The van der Waals surface area contributed by atoms with Gasteiger partial charge < -0.3 is 18.9 Å². The zero-order valence-corrected chi connectivity index (χ0v) is 14.9. The first-order valence-electron chi connectivity index (χ1n) is 8.19. The molecule has 0 fully saturated rings. The molecular formula is C19H19NO6. The van der Waals surface area contributed by atoms with Crippen LogP contribution in [-0.4, -0.2) is 50.8 Å². The van der Waals surface area contributed by atoms with Crippen LogP contribution in [0.4, 0.5) is 0 Å². The summed E-state index contributed by atoms with van der Waals surface area (Å²) < 4.78 is 23.6. The molecule has 1 aliphatic heterocycles. The molecule has 0 spiro atoms. The zero-order chi connectivity index (χ0) is 18.6. The van der Waals surface area contributed by atoms with E-state index in [-0.39, 0.29) is 11.7 Å². The SMILES string of the molecule is COC1=CC(=O)C(OC)[C@@H]2c3c(OC)c(OC)cc4ccn(c34)C(=O)[C@H]12. The molecule has 1 aromatic carbocycles. The number of methoxy groups -OCH3 is 4. The lowest BCUT2D eigenvalue weighted by atomic mass is 9.72.